The van der Waals surface area contributed by atoms with Crippen molar-refractivity contribution in [2.24, 2.45) is 0 Å². The number of piperidine rings is 1. The van der Waals surface area contributed by atoms with Crippen molar-refractivity contribution in [3.63, 3.8) is 0 Å². The van der Waals surface area contributed by atoms with Gasteiger partial charge in [0.2, 0.25) is 11.8 Å². The zero-order valence-electron chi connectivity index (χ0n) is 24.5. The molecule has 0 aromatic heterocycles. The number of carbonyl (C=O) groups is 4. The lowest BCUT2D eigenvalue weighted by atomic mass is 10.0. The lowest BCUT2D eigenvalue weighted by Gasteiger charge is -2.43. The number of benzene rings is 1. The van der Waals surface area contributed by atoms with Crippen LogP contribution in [0.1, 0.15) is 65.3 Å². The van der Waals surface area contributed by atoms with Crippen LogP contribution in [0.3, 0.4) is 0 Å². The molecule has 160 valence electrons. The van der Waals surface area contributed by atoms with Crippen LogP contribution in [-0.2, 0) is 9.59 Å². The second-order valence-electron chi connectivity index (χ2n) is 8.09. The van der Waals surface area contributed by atoms with E-state index in [2.05, 4.69) is 0 Å². The largest absolute Gasteiger partial charge is 0.367 e. The van der Waals surface area contributed by atoms with Gasteiger partial charge in [0, 0.05) is 43.4 Å². The third-order valence-electron chi connectivity index (χ3n) is 4.97. The molecule has 1 aromatic carbocycles. The topological polar surface area (TPSA) is 90.0 Å². The predicted molar refractivity (Wildman–Crippen MR) is 107 cm³/mol. The number of hydrogen-bond donors (Lipinski definition) is 1. The number of halogens is 1. The van der Waals surface area contributed by atoms with Crippen molar-refractivity contribution in [1.29, 1.82) is 0 Å². The fourth-order valence-electron chi connectivity index (χ4n) is 3.36. The van der Waals surface area contributed by atoms with Crippen LogP contribution in [-0.4, -0.2) is 71.0 Å². The van der Waals surface area contributed by atoms with E-state index in [4.69, 9.17) is 11.0 Å². The molecule has 2 saturated heterocycles. The van der Waals surface area contributed by atoms with Gasteiger partial charge in [0.05, 0.1) is 22.3 Å². The minimum atomic E-state index is -3.40. The number of nitrogens with one attached hydrogen (secondary N) is 1. The fraction of sp³-hybridized carbons (Fsp3) is 0.524. The molecular formula is C21H25FN4O4. The summed E-state index contributed by atoms with van der Waals surface area (Å²) in [4.78, 5) is 50.9. The molecule has 8 nitrogen and oxygen atoms in total. The van der Waals surface area contributed by atoms with Gasteiger partial charge in [-0.15, -0.1) is 0 Å². The molecule has 4 rings (SSSR count). The summed E-state index contributed by atoms with van der Waals surface area (Å²) in [7, 11) is 0. The Morgan fingerprint density at radius 1 is 1.03 bits per heavy atom. The molecule has 0 aliphatic carbocycles. The van der Waals surface area contributed by atoms with Crippen LogP contribution < -0.4 is 10.2 Å². The van der Waals surface area contributed by atoms with Crippen LogP contribution in [0, 0.1) is 5.82 Å². The molecule has 0 radical (unpaired) electrons. The fourth-order valence-corrected chi connectivity index (χ4v) is 3.36. The van der Waals surface area contributed by atoms with Gasteiger partial charge in [-0.1, -0.05) is 0 Å². The molecule has 1 N–H and O–H groups in total. The maximum Gasteiger partial charge on any atom is 0.262 e. The van der Waals surface area contributed by atoms with Crippen molar-refractivity contribution in [2.45, 2.75) is 45.2 Å². The first-order valence-electron chi connectivity index (χ1n) is 13.3. The Bertz CT molecular complexity index is 1250. The van der Waals surface area contributed by atoms with E-state index >= 15 is 4.39 Å². The number of carbonyl (C=O) groups excluding carboxylic acids is 4. The highest BCUT2D eigenvalue weighted by Gasteiger charge is 2.45. The minimum Gasteiger partial charge on any atom is -0.367 e. The third-order valence-corrected chi connectivity index (χ3v) is 4.97. The molecular weight excluding hydrogens is 391 g/mol. The van der Waals surface area contributed by atoms with E-state index in [1.54, 1.807) is 0 Å². The van der Waals surface area contributed by atoms with Crippen molar-refractivity contribution in [3.8, 4) is 0 Å². The molecule has 0 unspecified atom stereocenters. The Morgan fingerprint density at radius 2 is 1.63 bits per heavy atom. The standard InChI is InChI=1S/C21H25FN4O4/c1-21(2,3)25-8-6-24(7-9-25)16-11-13-12(10-14(16)22)19(29)26(20(13)30)15-4-5-17(27)23-18(15)28/h10-11,15H,4-9H2,1-3H3,(H,23,27,28)/t15-/m1/s1/i6D2,7D2,8D2,9D2. The molecule has 0 bridgehead atoms. The lowest BCUT2D eigenvalue weighted by Crippen LogP contribution is -2.54. The van der Waals surface area contributed by atoms with Crippen molar-refractivity contribution in [2.75, 3.05) is 30.9 Å². The number of anilines is 1. The summed E-state index contributed by atoms with van der Waals surface area (Å²) >= 11 is 0. The number of imide groups is 2. The smallest absolute Gasteiger partial charge is 0.262 e. The first kappa shape index (κ1) is 12.8. The molecule has 30 heavy (non-hydrogen) atoms. The van der Waals surface area contributed by atoms with E-state index in [9.17, 15) is 19.2 Å². The first-order valence-corrected chi connectivity index (χ1v) is 9.26. The molecule has 0 saturated carbocycles. The molecule has 1 aromatic rings. The van der Waals surface area contributed by atoms with Gasteiger partial charge in [0.1, 0.15) is 11.9 Å². The molecule has 4 amide bonds. The van der Waals surface area contributed by atoms with Crippen LogP contribution in [0.15, 0.2) is 12.1 Å². The van der Waals surface area contributed by atoms with Gasteiger partial charge < -0.3 is 4.90 Å². The summed E-state index contributed by atoms with van der Waals surface area (Å²) in [6.07, 6.45) is -0.336. The van der Waals surface area contributed by atoms with Gasteiger partial charge in [-0.3, -0.25) is 34.3 Å². The van der Waals surface area contributed by atoms with Crippen molar-refractivity contribution >= 4 is 29.3 Å². The zero-order chi connectivity index (χ0) is 29.0. The van der Waals surface area contributed by atoms with Gasteiger partial charge in [-0.05, 0) is 39.3 Å². The Kier molecular flexibility index (Phi) is 3.05. The molecule has 1 atom stereocenters. The van der Waals surface area contributed by atoms with Crippen molar-refractivity contribution in [1.82, 2.24) is 15.1 Å². The van der Waals surface area contributed by atoms with Crippen LogP contribution in [0.5, 0.6) is 0 Å². The van der Waals surface area contributed by atoms with Gasteiger partial charge in [-0.2, -0.15) is 0 Å². The number of piperazine rings is 1. The number of amides is 4. The quantitative estimate of drug-likeness (QED) is 0.717. The van der Waals surface area contributed by atoms with E-state index in [1.807, 2.05) is 5.32 Å². The average molecular weight is 425 g/mol. The molecule has 0 spiro atoms. The lowest BCUT2D eigenvalue weighted by molar-refractivity contribution is -0.136. The highest BCUT2D eigenvalue weighted by Crippen LogP contribution is 2.33. The van der Waals surface area contributed by atoms with Crippen LogP contribution >= 0.6 is 0 Å². The van der Waals surface area contributed by atoms with Crippen LogP contribution in [0.2, 0.25) is 0 Å². The Morgan fingerprint density at radius 3 is 2.20 bits per heavy atom. The molecule has 2 fully saturated rings. The summed E-state index contributed by atoms with van der Waals surface area (Å²) in [5.41, 5.74) is -3.43. The molecule has 3 aliphatic rings. The number of rotatable bonds is 2. The maximum atomic E-state index is 15.5. The predicted octanol–water partition coefficient (Wildman–Crippen LogP) is 1.15. The average Bonchev–Trinajstić information content (AvgIpc) is 2.95. The van der Waals surface area contributed by atoms with Gasteiger partial charge in [0.25, 0.3) is 11.8 Å². The first-order chi connectivity index (χ1) is 17.1. The van der Waals surface area contributed by atoms with Crippen LogP contribution in [0.25, 0.3) is 0 Å². The highest BCUT2D eigenvalue weighted by molar-refractivity contribution is 6.23. The monoisotopic (exact) mass is 424 g/mol. The van der Waals surface area contributed by atoms with Gasteiger partial charge >= 0.3 is 0 Å². The van der Waals surface area contributed by atoms with E-state index in [-0.39, 0.29) is 17.7 Å². The summed E-state index contributed by atoms with van der Waals surface area (Å²) in [5, 5.41) is 2.01. The van der Waals surface area contributed by atoms with Gasteiger partial charge in [0.15, 0.2) is 0 Å². The summed E-state index contributed by atoms with van der Waals surface area (Å²) < 4.78 is 83.7. The van der Waals surface area contributed by atoms with E-state index in [0.29, 0.717) is 21.9 Å². The molecule has 9 heteroatoms. The Balaban J connectivity index is 1.87. The Labute approximate surface area is 185 Å². The van der Waals surface area contributed by atoms with Crippen LogP contribution in [0.4, 0.5) is 10.1 Å². The van der Waals surface area contributed by atoms with E-state index in [0.717, 1.165) is 0 Å². The zero-order valence-corrected chi connectivity index (χ0v) is 16.5. The number of nitrogens with zero attached hydrogens (tertiary/aromatic N) is 3. The molecule has 3 aliphatic heterocycles. The summed E-state index contributed by atoms with van der Waals surface area (Å²) in [6.45, 7) is -9.16. The molecule has 3 heterocycles. The number of fused-ring (bicyclic) bond motifs is 1. The second-order valence-corrected chi connectivity index (χ2v) is 8.09. The van der Waals surface area contributed by atoms with E-state index in [1.165, 1.54) is 20.8 Å². The van der Waals surface area contributed by atoms with Crippen molar-refractivity contribution < 1.29 is 34.5 Å². The number of hydrogen-bond acceptors (Lipinski definition) is 6. The second kappa shape index (κ2) is 7.16. The summed E-state index contributed by atoms with van der Waals surface area (Å²) in [5.74, 6) is -5.07. The SMILES string of the molecule is [2H]C1([2H])N(c2cc3c(cc2F)C(=O)N([C@@H]2CCC(=O)NC2=O)C3=O)C([2H])([2H])C([2H])([2H])N(C(C)(C)C)C1([2H])[2H]. The van der Waals surface area contributed by atoms with Gasteiger partial charge in [-0.25, -0.2) is 4.39 Å². The Hall–Kier alpha value is -2.81. The minimum absolute atomic E-state index is 0.0236. The highest BCUT2D eigenvalue weighted by atomic mass is 19.1. The third kappa shape index (κ3) is 3.36. The normalized spacial score (nSPS) is 33.8. The van der Waals surface area contributed by atoms with Crippen molar-refractivity contribution in [3.05, 3.63) is 29.1 Å². The summed E-state index contributed by atoms with van der Waals surface area (Å²) in [6, 6.07) is -0.168. The maximum absolute atomic E-state index is 15.5. The van der Waals surface area contributed by atoms with E-state index < -0.39 is 83.8 Å².